The van der Waals surface area contributed by atoms with E-state index in [1.807, 2.05) is 6.07 Å². The van der Waals surface area contributed by atoms with Gasteiger partial charge in [0.1, 0.15) is 5.69 Å². The van der Waals surface area contributed by atoms with Crippen molar-refractivity contribution in [2.75, 3.05) is 25.4 Å². The molecule has 9 nitrogen and oxygen atoms in total. The highest BCUT2D eigenvalue weighted by Gasteiger charge is 2.36. The van der Waals surface area contributed by atoms with Crippen LogP contribution in [-0.4, -0.2) is 43.4 Å². The van der Waals surface area contributed by atoms with Crippen molar-refractivity contribution >= 4 is 21.4 Å². The van der Waals surface area contributed by atoms with Crippen molar-refractivity contribution in [2.24, 2.45) is 0 Å². The number of nitrogens with two attached hydrogens (primary N) is 1. The third-order valence-corrected chi connectivity index (χ3v) is 4.90. The van der Waals surface area contributed by atoms with Gasteiger partial charge in [-0.2, -0.15) is 9.57 Å². The monoisotopic (exact) mass is 312 g/mol. The van der Waals surface area contributed by atoms with Crippen molar-refractivity contribution in [2.45, 2.75) is 11.0 Å². The van der Waals surface area contributed by atoms with Gasteiger partial charge >= 0.3 is 5.69 Å². The summed E-state index contributed by atoms with van der Waals surface area (Å²) in [5, 5.41) is 19.9. The molecule has 1 fully saturated rings. The number of nitrogen functional groups attached to an aromatic ring is 1. The highest BCUT2D eigenvalue weighted by molar-refractivity contribution is 7.89. The van der Waals surface area contributed by atoms with Gasteiger partial charge in [-0.05, 0) is 12.1 Å². The van der Waals surface area contributed by atoms with E-state index in [0.717, 1.165) is 10.4 Å². The number of nitrogens with zero attached hydrogens (tertiary/aromatic N) is 3. The van der Waals surface area contributed by atoms with E-state index in [9.17, 15) is 18.5 Å². The second kappa shape index (κ2) is 5.65. The number of nitro benzene ring substituents is 1. The third-order valence-electron chi connectivity index (χ3n) is 3.00. The molecule has 1 atom stereocenters. The van der Waals surface area contributed by atoms with Crippen LogP contribution in [-0.2, 0) is 14.8 Å². The molecule has 21 heavy (non-hydrogen) atoms. The highest BCUT2D eigenvalue weighted by atomic mass is 32.2. The number of nitriles is 1. The molecule has 1 aliphatic rings. The Morgan fingerprint density at radius 3 is 2.86 bits per heavy atom. The fourth-order valence-corrected chi connectivity index (χ4v) is 3.62. The molecule has 0 aliphatic carbocycles. The van der Waals surface area contributed by atoms with E-state index in [-0.39, 0.29) is 25.4 Å². The predicted octanol–water partition coefficient (Wildman–Crippen LogP) is 0.0901. The Morgan fingerprint density at radius 2 is 2.24 bits per heavy atom. The number of rotatable bonds is 3. The molecule has 2 N–H and O–H groups in total. The smallest absolute Gasteiger partial charge is 0.312 e. The summed E-state index contributed by atoms with van der Waals surface area (Å²) in [6.07, 6.45) is -0.895. The minimum absolute atomic E-state index is 0.0203. The van der Waals surface area contributed by atoms with Crippen LogP contribution in [0.1, 0.15) is 0 Å². The SMILES string of the molecule is N#CC1CN(S(=O)(=O)c2cccc(N)c2[N+](=O)[O-])CCO1. The molecule has 0 spiro atoms. The second-order valence-electron chi connectivity index (χ2n) is 4.30. The molecule has 1 aliphatic heterocycles. The number of para-hydroxylation sites is 1. The summed E-state index contributed by atoms with van der Waals surface area (Å²) >= 11 is 0. The molecule has 1 saturated heterocycles. The number of sulfonamides is 1. The zero-order valence-corrected chi connectivity index (χ0v) is 11.6. The van der Waals surface area contributed by atoms with Gasteiger partial charge in [-0.15, -0.1) is 0 Å². The lowest BCUT2D eigenvalue weighted by Crippen LogP contribution is -2.45. The van der Waals surface area contributed by atoms with Crippen molar-refractivity contribution in [3.8, 4) is 6.07 Å². The topological polar surface area (TPSA) is 140 Å². The van der Waals surface area contributed by atoms with Crippen molar-refractivity contribution < 1.29 is 18.1 Å². The summed E-state index contributed by atoms with van der Waals surface area (Å²) in [4.78, 5) is 9.75. The molecule has 0 amide bonds. The summed E-state index contributed by atoms with van der Waals surface area (Å²) in [6, 6.07) is 5.53. The van der Waals surface area contributed by atoms with Crippen LogP contribution in [0.5, 0.6) is 0 Å². The summed E-state index contributed by atoms with van der Waals surface area (Å²) < 4.78 is 31.1. The van der Waals surface area contributed by atoms with Crippen LogP contribution in [0, 0.1) is 21.4 Å². The average molecular weight is 312 g/mol. The molecule has 0 aromatic heterocycles. The Kier molecular flexibility index (Phi) is 4.08. The van der Waals surface area contributed by atoms with Crippen molar-refractivity contribution in [1.82, 2.24) is 4.31 Å². The van der Waals surface area contributed by atoms with Crippen LogP contribution in [0.3, 0.4) is 0 Å². The van der Waals surface area contributed by atoms with Gasteiger partial charge in [-0.25, -0.2) is 8.42 Å². The van der Waals surface area contributed by atoms with Gasteiger partial charge in [0, 0.05) is 6.54 Å². The van der Waals surface area contributed by atoms with E-state index in [0.29, 0.717) is 0 Å². The lowest BCUT2D eigenvalue weighted by molar-refractivity contribution is -0.386. The van der Waals surface area contributed by atoms with Crippen LogP contribution >= 0.6 is 0 Å². The summed E-state index contributed by atoms with van der Waals surface area (Å²) in [5.74, 6) is 0. The lowest BCUT2D eigenvalue weighted by Gasteiger charge is -2.28. The minimum Gasteiger partial charge on any atom is -0.393 e. The van der Waals surface area contributed by atoms with Crippen molar-refractivity contribution in [1.29, 1.82) is 5.26 Å². The van der Waals surface area contributed by atoms with E-state index in [4.69, 9.17) is 15.7 Å². The van der Waals surface area contributed by atoms with Gasteiger partial charge < -0.3 is 10.5 Å². The molecule has 1 unspecified atom stereocenters. The van der Waals surface area contributed by atoms with Crippen LogP contribution in [0.4, 0.5) is 11.4 Å². The lowest BCUT2D eigenvalue weighted by atomic mass is 10.3. The van der Waals surface area contributed by atoms with Crippen molar-refractivity contribution in [3.63, 3.8) is 0 Å². The summed E-state index contributed by atoms with van der Waals surface area (Å²) in [5.41, 5.74) is 4.61. The van der Waals surface area contributed by atoms with Gasteiger partial charge in [-0.3, -0.25) is 10.1 Å². The molecule has 1 heterocycles. The number of morpholine rings is 1. The third kappa shape index (κ3) is 2.80. The van der Waals surface area contributed by atoms with E-state index in [1.165, 1.54) is 12.1 Å². The quantitative estimate of drug-likeness (QED) is 0.474. The Balaban J connectivity index is 2.48. The Bertz CT molecular complexity index is 712. The normalized spacial score (nSPS) is 19.9. The fourth-order valence-electron chi connectivity index (χ4n) is 2.00. The van der Waals surface area contributed by atoms with Gasteiger partial charge in [0.25, 0.3) is 0 Å². The average Bonchev–Trinajstić information content (AvgIpc) is 2.46. The number of nitro groups is 1. The first-order valence-electron chi connectivity index (χ1n) is 5.92. The molecule has 1 aromatic carbocycles. The Morgan fingerprint density at radius 1 is 1.52 bits per heavy atom. The fraction of sp³-hybridized carbons (Fsp3) is 0.364. The van der Waals surface area contributed by atoms with Crippen LogP contribution < -0.4 is 5.73 Å². The maximum Gasteiger partial charge on any atom is 0.312 e. The van der Waals surface area contributed by atoms with Gasteiger partial charge in [0.05, 0.1) is 24.1 Å². The largest absolute Gasteiger partial charge is 0.393 e. The summed E-state index contributed by atoms with van der Waals surface area (Å²) in [6.45, 7) is -0.106. The van der Waals surface area contributed by atoms with Crippen LogP contribution in [0.15, 0.2) is 23.1 Å². The molecule has 0 saturated carbocycles. The van der Waals surface area contributed by atoms with Gasteiger partial charge in [-0.1, -0.05) is 6.07 Å². The summed E-state index contributed by atoms with van der Waals surface area (Å²) in [7, 11) is -4.12. The molecule has 2 rings (SSSR count). The van der Waals surface area contributed by atoms with E-state index in [2.05, 4.69) is 0 Å². The molecule has 1 aromatic rings. The first-order chi connectivity index (χ1) is 9.87. The number of anilines is 1. The maximum atomic E-state index is 12.5. The number of benzene rings is 1. The standard InChI is InChI=1S/C11H12N4O5S/c12-6-8-7-14(4-5-20-8)21(18,19)10-3-1-2-9(13)11(10)15(16)17/h1-3,8H,4-5,7,13H2. The molecule has 0 bridgehead atoms. The molecule has 10 heteroatoms. The van der Waals surface area contributed by atoms with E-state index >= 15 is 0 Å². The van der Waals surface area contributed by atoms with Crippen LogP contribution in [0.2, 0.25) is 0 Å². The van der Waals surface area contributed by atoms with E-state index < -0.39 is 31.6 Å². The second-order valence-corrected chi connectivity index (χ2v) is 6.21. The van der Waals surface area contributed by atoms with E-state index in [1.54, 1.807) is 0 Å². The molecular formula is C11H12N4O5S. The maximum absolute atomic E-state index is 12.5. The highest BCUT2D eigenvalue weighted by Crippen LogP contribution is 2.32. The number of hydrogen-bond donors (Lipinski definition) is 1. The first kappa shape index (κ1) is 15.2. The van der Waals surface area contributed by atoms with Gasteiger partial charge in [0.2, 0.25) is 10.0 Å². The zero-order chi connectivity index (χ0) is 15.6. The molecule has 0 radical (unpaired) electrons. The van der Waals surface area contributed by atoms with Gasteiger partial charge in [0.15, 0.2) is 11.0 Å². The Hall–Kier alpha value is -2.22. The molecular weight excluding hydrogens is 300 g/mol. The molecule has 112 valence electrons. The van der Waals surface area contributed by atoms with Crippen molar-refractivity contribution in [3.05, 3.63) is 28.3 Å². The first-order valence-corrected chi connectivity index (χ1v) is 7.36. The predicted molar refractivity (Wildman–Crippen MR) is 71.6 cm³/mol. The minimum atomic E-state index is -4.12. The number of ether oxygens (including phenoxy) is 1. The number of hydrogen-bond acceptors (Lipinski definition) is 7. The zero-order valence-electron chi connectivity index (χ0n) is 10.8. The Labute approximate surface area is 120 Å². The van der Waals surface area contributed by atoms with Crippen LogP contribution in [0.25, 0.3) is 0 Å².